The molecule has 0 aliphatic rings. The molecule has 0 spiro atoms. The molecule has 2 aromatic carbocycles. The van der Waals surface area contributed by atoms with Gasteiger partial charge in [-0.05, 0) is 5.56 Å². The minimum atomic E-state index is -4.85. The van der Waals surface area contributed by atoms with E-state index in [1.165, 1.54) is 6.07 Å². The molecule has 3 nitrogen and oxygen atoms in total. The molecule has 0 aromatic heterocycles. The van der Waals surface area contributed by atoms with Crippen LogP contribution in [0, 0.1) is 0 Å². The first-order valence-electron chi connectivity index (χ1n) is 5.86. The first-order chi connectivity index (χ1) is 9.85. The Morgan fingerprint density at radius 2 is 1.67 bits per heavy atom. The number of ether oxygens (including phenoxy) is 2. The van der Waals surface area contributed by atoms with Gasteiger partial charge in [0.25, 0.3) is 0 Å². The summed E-state index contributed by atoms with van der Waals surface area (Å²) in [6, 6.07) is 11.4. The van der Waals surface area contributed by atoms with E-state index in [2.05, 4.69) is 4.74 Å². The van der Waals surface area contributed by atoms with E-state index in [1.807, 2.05) is 30.3 Å². The van der Waals surface area contributed by atoms with Crippen molar-refractivity contribution in [1.82, 2.24) is 0 Å². The lowest BCUT2D eigenvalue weighted by atomic mass is 10.2. The molecule has 0 saturated carbocycles. The number of anilines is 1. The molecular weight excluding hydrogens is 307 g/mol. The summed E-state index contributed by atoms with van der Waals surface area (Å²) in [7, 11) is 0. The van der Waals surface area contributed by atoms with E-state index in [4.69, 9.17) is 22.1 Å². The van der Waals surface area contributed by atoms with E-state index in [-0.39, 0.29) is 23.1 Å². The van der Waals surface area contributed by atoms with Crippen LogP contribution < -0.4 is 15.2 Å². The Kier molecular flexibility index (Phi) is 4.47. The highest BCUT2D eigenvalue weighted by atomic mass is 35.5. The van der Waals surface area contributed by atoms with Gasteiger partial charge >= 0.3 is 6.36 Å². The van der Waals surface area contributed by atoms with Crippen molar-refractivity contribution in [3.05, 3.63) is 53.1 Å². The van der Waals surface area contributed by atoms with Gasteiger partial charge in [0, 0.05) is 17.2 Å². The molecule has 2 aromatic rings. The van der Waals surface area contributed by atoms with Crippen LogP contribution in [0.25, 0.3) is 0 Å². The van der Waals surface area contributed by atoms with Gasteiger partial charge in [0.05, 0.1) is 0 Å². The van der Waals surface area contributed by atoms with Gasteiger partial charge in [0.1, 0.15) is 18.0 Å². The van der Waals surface area contributed by atoms with E-state index in [0.717, 1.165) is 11.6 Å². The molecular formula is C14H11ClF3NO2. The van der Waals surface area contributed by atoms with Gasteiger partial charge in [0.2, 0.25) is 0 Å². The van der Waals surface area contributed by atoms with E-state index in [0.29, 0.717) is 0 Å². The van der Waals surface area contributed by atoms with E-state index in [9.17, 15) is 13.2 Å². The fraction of sp³-hybridized carbons (Fsp3) is 0.143. The molecule has 0 atom stereocenters. The standard InChI is InChI=1S/C14H11ClF3NO2/c15-10-6-11(20-8-9-4-2-1-3-5-9)13(19)12(7-10)21-14(16,17)18/h1-7H,8,19H2. The molecule has 0 radical (unpaired) electrons. The number of halogens is 4. The first kappa shape index (κ1) is 15.3. The molecule has 0 amide bonds. The molecule has 2 N–H and O–H groups in total. The average Bonchev–Trinajstić information content (AvgIpc) is 2.40. The number of rotatable bonds is 4. The van der Waals surface area contributed by atoms with Crippen LogP contribution in [0.4, 0.5) is 18.9 Å². The Labute approximate surface area is 124 Å². The van der Waals surface area contributed by atoms with Crippen LogP contribution in [0.2, 0.25) is 5.02 Å². The maximum absolute atomic E-state index is 12.3. The van der Waals surface area contributed by atoms with Crippen molar-refractivity contribution in [1.29, 1.82) is 0 Å². The Balaban J connectivity index is 2.19. The zero-order valence-electron chi connectivity index (χ0n) is 10.7. The lowest BCUT2D eigenvalue weighted by Gasteiger charge is -2.15. The van der Waals surface area contributed by atoms with Crippen molar-refractivity contribution in [3.63, 3.8) is 0 Å². The fourth-order valence-corrected chi connectivity index (χ4v) is 1.83. The quantitative estimate of drug-likeness (QED) is 0.850. The zero-order chi connectivity index (χ0) is 15.5. The van der Waals surface area contributed by atoms with Gasteiger partial charge in [-0.15, -0.1) is 13.2 Å². The molecule has 0 heterocycles. The van der Waals surface area contributed by atoms with Crippen LogP contribution in [0.3, 0.4) is 0 Å². The van der Waals surface area contributed by atoms with Crippen LogP contribution in [0.1, 0.15) is 5.56 Å². The fourth-order valence-electron chi connectivity index (χ4n) is 1.63. The summed E-state index contributed by atoms with van der Waals surface area (Å²) in [5.41, 5.74) is 6.20. The summed E-state index contributed by atoms with van der Waals surface area (Å²) in [4.78, 5) is 0. The van der Waals surface area contributed by atoms with Gasteiger partial charge in [-0.2, -0.15) is 0 Å². The molecule has 0 fully saturated rings. The van der Waals surface area contributed by atoms with Gasteiger partial charge in [-0.3, -0.25) is 0 Å². The van der Waals surface area contributed by atoms with Crippen LogP contribution in [-0.4, -0.2) is 6.36 Å². The smallest absolute Gasteiger partial charge is 0.487 e. The maximum Gasteiger partial charge on any atom is 0.573 e. The average molecular weight is 318 g/mol. The van der Waals surface area contributed by atoms with E-state index < -0.39 is 12.1 Å². The number of benzene rings is 2. The highest BCUT2D eigenvalue weighted by molar-refractivity contribution is 6.31. The largest absolute Gasteiger partial charge is 0.573 e. The zero-order valence-corrected chi connectivity index (χ0v) is 11.4. The summed E-state index contributed by atoms with van der Waals surface area (Å²) in [5, 5.41) is 0.0338. The van der Waals surface area contributed by atoms with E-state index >= 15 is 0 Å². The highest BCUT2D eigenvalue weighted by Crippen LogP contribution is 2.38. The third kappa shape index (κ3) is 4.46. The Bertz CT molecular complexity index is 618. The first-order valence-corrected chi connectivity index (χ1v) is 6.24. The monoisotopic (exact) mass is 317 g/mol. The number of hydrogen-bond donors (Lipinski definition) is 1. The van der Waals surface area contributed by atoms with Crippen molar-refractivity contribution in [2.24, 2.45) is 0 Å². The molecule has 0 saturated heterocycles. The minimum absolute atomic E-state index is 0.0330. The van der Waals surface area contributed by atoms with Crippen LogP contribution in [0.5, 0.6) is 11.5 Å². The number of alkyl halides is 3. The molecule has 0 aliphatic heterocycles. The Hall–Kier alpha value is -2.08. The van der Waals surface area contributed by atoms with Crippen molar-refractivity contribution >= 4 is 17.3 Å². The number of nitrogen functional groups attached to an aromatic ring is 1. The predicted octanol–water partition coefficient (Wildman–Crippen LogP) is 4.40. The molecule has 2 rings (SSSR count). The molecule has 21 heavy (non-hydrogen) atoms. The highest BCUT2D eigenvalue weighted by Gasteiger charge is 2.32. The van der Waals surface area contributed by atoms with Crippen molar-refractivity contribution in [2.45, 2.75) is 13.0 Å². The predicted molar refractivity (Wildman–Crippen MR) is 73.3 cm³/mol. The topological polar surface area (TPSA) is 44.5 Å². The van der Waals surface area contributed by atoms with Gasteiger partial charge in [-0.1, -0.05) is 41.9 Å². The summed E-state index contributed by atoms with van der Waals surface area (Å²) in [5.74, 6) is -0.552. The second-order valence-electron chi connectivity index (χ2n) is 4.14. The molecule has 0 aliphatic carbocycles. The van der Waals surface area contributed by atoms with Crippen molar-refractivity contribution < 1.29 is 22.6 Å². The molecule has 0 unspecified atom stereocenters. The minimum Gasteiger partial charge on any atom is -0.487 e. The van der Waals surface area contributed by atoms with Gasteiger partial charge < -0.3 is 15.2 Å². The molecule has 112 valence electrons. The van der Waals surface area contributed by atoms with Crippen molar-refractivity contribution in [3.8, 4) is 11.5 Å². The Morgan fingerprint density at radius 1 is 1.05 bits per heavy atom. The second-order valence-corrected chi connectivity index (χ2v) is 4.57. The summed E-state index contributed by atoms with van der Waals surface area (Å²) < 4.78 is 46.0. The number of nitrogens with two attached hydrogens (primary N) is 1. The van der Waals surface area contributed by atoms with Crippen LogP contribution >= 0.6 is 11.6 Å². The van der Waals surface area contributed by atoms with Gasteiger partial charge in [-0.25, -0.2) is 0 Å². The van der Waals surface area contributed by atoms with Gasteiger partial charge in [0.15, 0.2) is 5.75 Å². The lowest BCUT2D eigenvalue weighted by Crippen LogP contribution is -2.18. The number of hydrogen-bond acceptors (Lipinski definition) is 3. The van der Waals surface area contributed by atoms with E-state index in [1.54, 1.807) is 0 Å². The third-order valence-electron chi connectivity index (χ3n) is 2.53. The summed E-state index contributed by atoms with van der Waals surface area (Å²) in [6.45, 7) is 0.150. The van der Waals surface area contributed by atoms with Crippen molar-refractivity contribution in [2.75, 3.05) is 5.73 Å². The third-order valence-corrected chi connectivity index (χ3v) is 2.75. The van der Waals surface area contributed by atoms with Crippen LogP contribution in [0.15, 0.2) is 42.5 Å². The second kappa shape index (κ2) is 6.13. The molecule has 0 bridgehead atoms. The van der Waals surface area contributed by atoms with Crippen LogP contribution in [-0.2, 0) is 6.61 Å². The maximum atomic E-state index is 12.3. The SMILES string of the molecule is Nc1c(OCc2ccccc2)cc(Cl)cc1OC(F)(F)F. The summed E-state index contributed by atoms with van der Waals surface area (Å²) in [6.07, 6.45) is -4.85. The lowest BCUT2D eigenvalue weighted by molar-refractivity contribution is -0.274. The Morgan fingerprint density at radius 3 is 2.29 bits per heavy atom. The molecule has 7 heteroatoms. The summed E-state index contributed by atoms with van der Waals surface area (Å²) >= 11 is 5.75. The normalized spacial score (nSPS) is 11.2.